The summed E-state index contributed by atoms with van der Waals surface area (Å²) in [4.78, 5) is 51.2. The Kier molecular flexibility index (Phi) is 12.6. The van der Waals surface area contributed by atoms with Crippen molar-refractivity contribution in [2.45, 2.75) is 85.5 Å². The number of hydrazine groups is 1. The number of aryl methyl sites for hydroxylation is 1. The van der Waals surface area contributed by atoms with Gasteiger partial charge in [0.2, 0.25) is 5.91 Å². The summed E-state index contributed by atoms with van der Waals surface area (Å²) < 4.78 is 19.5. The molecule has 1 saturated heterocycles. The van der Waals surface area contributed by atoms with Gasteiger partial charge in [0.15, 0.2) is 0 Å². The number of pyridine rings is 1. The fourth-order valence-corrected chi connectivity index (χ4v) is 8.48. The molecule has 0 spiro atoms. The molecular formula is C45H57N7O7. The van der Waals surface area contributed by atoms with E-state index in [1.165, 1.54) is 5.01 Å². The zero-order valence-corrected chi connectivity index (χ0v) is 35.0. The van der Waals surface area contributed by atoms with Crippen molar-refractivity contribution in [3.8, 4) is 28.1 Å². The largest absolute Gasteiger partial charge is 0.508 e. The first kappa shape index (κ1) is 41.7. The van der Waals surface area contributed by atoms with Gasteiger partial charge in [-0.3, -0.25) is 24.4 Å². The van der Waals surface area contributed by atoms with E-state index in [-0.39, 0.29) is 43.1 Å². The minimum absolute atomic E-state index is 0.0396. The number of aliphatic imine (C=N–C) groups is 1. The van der Waals surface area contributed by atoms with Crippen molar-refractivity contribution in [3.05, 3.63) is 71.5 Å². The standard InChI is InChI=1S/C45H57N7O7/c1-7-51-39-11-10-29-21-33(39)34(40(51)36-23-46-13-12-30(36)25-57-6)22-45(4,5)26-59-43(56)37-9-8-15-52(50-37)42(55)38(19-28-17-31(29)20-32(53)18-28)49-41(54)35(27(2)3)24-48-44-47-14-16-58-44/h10-13,17-18,20-21,23,27,35,37-38,50,53H,7-9,14-16,19,22,24-26H2,1-6H3,(H,47,48)(H,49,54)/t35?,37-,38-/m0/s1. The number of amides is 2. The monoisotopic (exact) mass is 807 g/mol. The van der Waals surface area contributed by atoms with Gasteiger partial charge in [0, 0.05) is 67.4 Å². The number of carbonyl (C=O) groups is 3. The Labute approximate surface area is 345 Å². The average molecular weight is 808 g/mol. The van der Waals surface area contributed by atoms with Gasteiger partial charge in [0.1, 0.15) is 24.4 Å². The third kappa shape index (κ3) is 9.23. The molecule has 2 amide bonds. The maximum absolute atomic E-state index is 14.5. The number of hydrogen-bond donors (Lipinski definition) is 4. The lowest BCUT2D eigenvalue weighted by Crippen LogP contribution is -2.61. The van der Waals surface area contributed by atoms with Crippen LogP contribution < -0.4 is 16.1 Å². The molecule has 0 aliphatic carbocycles. The van der Waals surface area contributed by atoms with Gasteiger partial charge in [-0.15, -0.1) is 0 Å². The molecule has 2 aromatic heterocycles. The number of amidine groups is 1. The quantitative estimate of drug-likeness (QED) is 0.166. The van der Waals surface area contributed by atoms with E-state index in [1.807, 2.05) is 38.2 Å². The Morgan fingerprint density at radius 2 is 1.95 bits per heavy atom. The van der Waals surface area contributed by atoms with Crippen LogP contribution in [-0.2, 0) is 54.6 Å². The summed E-state index contributed by atoms with van der Waals surface area (Å²) in [6.45, 7) is 13.1. The maximum Gasteiger partial charge on any atom is 0.324 e. The van der Waals surface area contributed by atoms with Crippen molar-refractivity contribution >= 4 is 34.7 Å². The summed E-state index contributed by atoms with van der Waals surface area (Å²) >= 11 is 0. The SMILES string of the molecule is CCn1c(-c2cnccc2COC)c2c3cc(ccc31)-c1cc(O)cc(c1)C[C@H](NC(=O)C(CNC1=NCCO1)C(C)C)C(=O)N1CCC[C@H](N1)C(=O)OCC(C)(C)C2. The summed E-state index contributed by atoms with van der Waals surface area (Å²) in [5, 5.41) is 19.9. The number of esters is 1. The summed E-state index contributed by atoms with van der Waals surface area (Å²) in [6.07, 6.45) is 5.39. The molecule has 314 valence electrons. The van der Waals surface area contributed by atoms with E-state index in [4.69, 9.17) is 14.2 Å². The molecule has 6 bridgehead atoms. The Bertz CT molecular complexity index is 2230. The van der Waals surface area contributed by atoms with Gasteiger partial charge < -0.3 is 34.5 Å². The number of cyclic esters (lactones) is 1. The van der Waals surface area contributed by atoms with Crippen LogP contribution in [0.4, 0.5) is 0 Å². The molecule has 1 unspecified atom stereocenters. The van der Waals surface area contributed by atoms with Crippen molar-refractivity contribution in [1.29, 1.82) is 0 Å². The first-order chi connectivity index (χ1) is 28.3. The minimum atomic E-state index is -1.02. The van der Waals surface area contributed by atoms with Gasteiger partial charge in [-0.1, -0.05) is 39.8 Å². The molecule has 4 N–H and O–H groups in total. The van der Waals surface area contributed by atoms with Gasteiger partial charge in [-0.05, 0) is 90.3 Å². The Morgan fingerprint density at radius 3 is 2.69 bits per heavy atom. The first-order valence-corrected chi connectivity index (χ1v) is 20.7. The van der Waals surface area contributed by atoms with Crippen LogP contribution in [0.2, 0.25) is 0 Å². The van der Waals surface area contributed by atoms with Gasteiger partial charge in [-0.25, -0.2) is 10.4 Å². The molecule has 3 aliphatic rings. The molecule has 3 aliphatic heterocycles. The molecular weight excluding hydrogens is 751 g/mol. The van der Waals surface area contributed by atoms with E-state index >= 15 is 0 Å². The first-order valence-electron chi connectivity index (χ1n) is 20.7. The molecule has 4 aromatic rings. The van der Waals surface area contributed by atoms with Crippen LogP contribution in [0.5, 0.6) is 5.75 Å². The van der Waals surface area contributed by atoms with Crippen LogP contribution in [0.15, 0.2) is 59.9 Å². The molecule has 7 rings (SSSR count). The lowest BCUT2D eigenvalue weighted by molar-refractivity contribution is -0.155. The van der Waals surface area contributed by atoms with Crippen LogP contribution in [-0.4, -0.2) is 95.5 Å². The van der Waals surface area contributed by atoms with Crippen molar-refractivity contribution < 1.29 is 33.7 Å². The number of benzene rings is 2. The zero-order valence-electron chi connectivity index (χ0n) is 35.0. The van der Waals surface area contributed by atoms with Crippen LogP contribution in [0.1, 0.15) is 64.2 Å². The van der Waals surface area contributed by atoms with Crippen molar-refractivity contribution in [3.63, 3.8) is 0 Å². The fraction of sp³-hybridized carbons (Fsp3) is 0.489. The van der Waals surface area contributed by atoms with Crippen LogP contribution in [0, 0.1) is 17.3 Å². The number of phenolic OH excluding ortho intramolecular Hbond substituents is 1. The molecule has 5 heterocycles. The molecule has 59 heavy (non-hydrogen) atoms. The van der Waals surface area contributed by atoms with Crippen molar-refractivity contribution in [2.75, 3.05) is 40.0 Å². The number of carbonyl (C=O) groups excluding carboxylic acids is 3. The normalized spacial score (nSPS) is 20.1. The second kappa shape index (κ2) is 17.8. The Hall–Kier alpha value is -5.47. The van der Waals surface area contributed by atoms with Crippen molar-refractivity contribution in [1.82, 2.24) is 30.6 Å². The molecule has 14 heteroatoms. The Morgan fingerprint density at radius 1 is 1.12 bits per heavy atom. The summed E-state index contributed by atoms with van der Waals surface area (Å²) in [7, 11) is 1.68. The van der Waals surface area contributed by atoms with E-state index in [1.54, 1.807) is 25.4 Å². The molecule has 3 atom stereocenters. The van der Waals surface area contributed by atoms with Gasteiger partial charge in [0.05, 0.1) is 31.4 Å². The molecule has 2 aromatic carbocycles. The molecule has 1 fully saturated rings. The summed E-state index contributed by atoms with van der Waals surface area (Å²) in [6, 6.07) is 12.3. The second-order valence-electron chi connectivity index (χ2n) is 17.0. The van der Waals surface area contributed by atoms with E-state index in [9.17, 15) is 19.5 Å². The smallest absolute Gasteiger partial charge is 0.324 e. The predicted molar refractivity (Wildman–Crippen MR) is 225 cm³/mol. The fourth-order valence-electron chi connectivity index (χ4n) is 8.48. The van der Waals surface area contributed by atoms with E-state index < -0.39 is 29.4 Å². The van der Waals surface area contributed by atoms with E-state index in [2.05, 4.69) is 63.5 Å². The highest BCUT2D eigenvalue weighted by atomic mass is 16.5. The van der Waals surface area contributed by atoms with Gasteiger partial charge >= 0.3 is 5.97 Å². The van der Waals surface area contributed by atoms with Crippen molar-refractivity contribution in [2.24, 2.45) is 22.2 Å². The number of hydrogen-bond acceptors (Lipinski definition) is 11. The van der Waals surface area contributed by atoms with Gasteiger partial charge in [-0.2, -0.15) is 0 Å². The zero-order chi connectivity index (χ0) is 41.8. The summed E-state index contributed by atoms with van der Waals surface area (Å²) in [5.74, 6) is -1.68. The molecule has 0 radical (unpaired) electrons. The van der Waals surface area contributed by atoms with E-state index in [0.717, 1.165) is 44.4 Å². The van der Waals surface area contributed by atoms with Crippen LogP contribution in [0.25, 0.3) is 33.3 Å². The van der Waals surface area contributed by atoms with Crippen LogP contribution >= 0.6 is 0 Å². The lowest BCUT2D eigenvalue weighted by atomic mass is 9.84. The third-order valence-electron chi connectivity index (χ3n) is 11.5. The van der Waals surface area contributed by atoms with Crippen LogP contribution in [0.3, 0.4) is 0 Å². The van der Waals surface area contributed by atoms with E-state index in [0.29, 0.717) is 63.7 Å². The number of phenols is 1. The number of ether oxygens (including phenoxy) is 3. The topological polar surface area (TPSA) is 169 Å². The number of aromatic hydroxyl groups is 1. The number of nitrogens with one attached hydrogen (secondary N) is 3. The number of aromatic nitrogens is 2. The lowest BCUT2D eigenvalue weighted by Gasteiger charge is -2.36. The predicted octanol–water partition coefficient (Wildman–Crippen LogP) is 5.14. The highest BCUT2D eigenvalue weighted by molar-refractivity contribution is 5.95. The highest BCUT2D eigenvalue weighted by Crippen LogP contribution is 2.41. The molecule has 14 nitrogen and oxygen atoms in total. The number of methoxy groups -OCH3 is 1. The molecule has 0 saturated carbocycles. The number of fused-ring (bicyclic) bond motifs is 6. The highest BCUT2D eigenvalue weighted by Gasteiger charge is 2.36. The average Bonchev–Trinajstić information content (AvgIpc) is 3.84. The third-order valence-corrected chi connectivity index (χ3v) is 11.5. The number of nitrogens with zero attached hydrogens (tertiary/aromatic N) is 4. The van der Waals surface area contributed by atoms with Gasteiger partial charge in [0.25, 0.3) is 11.9 Å². The maximum atomic E-state index is 14.5. The second-order valence-corrected chi connectivity index (χ2v) is 17.0. The number of rotatable bonds is 9. The minimum Gasteiger partial charge on any atom is -0.508 e. The summed E-state index contributed by atoms with van der Waals surface area (Å²) in [5.41, 5.74) is 10.1. The Balaban J connectivity index is 1.33.